The molecule has 8 atom stereocenters. The van der Waals surface area contributed by atoms with E-state index in [1.54, 1.807) is 32.0 Å². The number of aliphatic hydroxyl groups excluding tert-OH is 1. The molecule has 5 rings (SSSR count). The highest BCUT2D eigenvalue weighted by molar-refractivity contribution is 6.03. The Morgan fingerprint density at radius 2 is 1.64 bits per heavy atom. The Labute approximate surface area is 243 Å². The first-order valence-corrected chi connectivity index (χ1v) is 14.0. The normalized spacial score (nSPS) is 38.6. The lowest BCUT2D eigenvalue weighted by Crippen LogP contribution is -2.81. The van der Waals surface area contributed by atoms with E-state index in [-0.39, 0.29) is 29.7 Å². The van der Waals surface area contributed by atoms with E-state index in [1.165, 1.54) is 32.9 Å². The van der Waals surface area contributed by atoms with Crippen molar-refractivity contribution in [1.29, 1.82) is 0 Å². The molecule has 4 aliphatic rings. The molecule has 0 amide bonds. The van der Waals surface area contributed by atoms with Gasteiger partial charge in [-0.3, -0.25) is 19.2 Å². The molecule has 1 aromatic rings. The van der Waals surface area contributed by atoms with E-state index < -0.39 is 88.3 Å². The quantitative estimate of drug-likeness (QED) is 0.392. The van der Waals surface area contributed by atoms with Crippen LogP contribution in [0, 0.1) is 16.7 Å². The molecular weight excluding hydrogens is 548 g/mol. The van der Waals surface area contributed by atoms with Gasteiger partial charge in [0.25, 0.3) is 0 Å². The molecule has 1 unspecified atom stereocenters. The molecule has 1 saturated heterocycles. The number of esters is 3. The van der Waals surface area contributed by atoms with E-state index in [0.29, 0.717) is 0 Å². The van der Waals surface area contributed by atoms with Gasteiger partial charge in [-0.25, -0.2) is 4.79 Å². The molecule has 1 aromatic carbocycles. The topological polar surface area (TPSA) is 163 Å². The summed E-state index contributed by atoms with van der Waals surface area (Å²) in [6.07, 6.45) is -6.34. The van der Waals surface area contributed by atoms with Gasteiger partial charge in [0.05, 0.1) is 29.6 Å². The molecule has 0 spiro atoms. The number of ketones is 2. The van der Waals surface area contributed by atoms with E-state index in [2.05, 4.69) is 0 Å². The van der Waals surface area contributed by atoms with E-state index in [4.69, 9.17) is 18.9 Å². The van der Waals surface area contributed by atoms with Crippen molar-refractivity contribution in [2.75, 3.05) is 6.61 Å². The summed E-state index contributed by atoms with van der Waals surface area (Å²) in [5, 5.41) is 24.4. The summed E-state index contributed by atoms with van der Waals surface area (Å²) in [5.74, 6) is -5.11. The maximum atomic E-state index is 14.8. The van der Waals surface area contributed by atoms with Crippen LogP contribution in [0.3, 0.4) is 0 Å². The van der Waals surface area contributed by atoms with E-state index in [9.17, 15) is 34.2 Å². The van der Waals surface area contributed by atoms with Gasteiger partial charge in [-0.15, -0.1) is 0 Å². The number of rotatable bonds is 4. The van der Waals surface area contributed by atoms with Crippen LogP contribution >= 0.6 is 0 Å². The van der Waals surface area contributed by atoms with Crippen molar-refractivity contribution in [2.45, 2.75) is 90.0 Å². The molecule has 2 bridgehead atoms. The van der Waals surface area contributed by atoms with Gasteiger partial charge < -0.3 is 29.2 Å². The zero-order valence-corrected chi connectivity index (χ0v) is 24.5. The minimum atomic E-state index is -2.21. The van der Waals surface area contributed by atoms with Crippen molar-refractivity contribution in [3.05, 3.63) is 47.0 Å². The van der Waals surface area contributed by atoms with Crippen LogP contribution in [-0.2, 0) is 38.1 Å². The Bertz CT molecular complexity index is 1400. The van der Waals surface area contributed by atoms with Crippen LogP contribution in [-0.4, -0.2) is 81.9 Å². The molecule has 11 nitrogen and oxygen atoms in total. The van der Waals surface area contributed by atoms with Crippen LogP contribution < -0.4 is 0 Å². The second kappa shape index (κ2) is 9.82. The van der Waals surface area contributed by atoms with Gasteiger partial charge in [0.2, 0.25) is 0 Å². The Balaban J connectivity index is 1.85. The second-order valence-electron chi connectivity index (χ2n) is 12.6. The number of benzene rings is 1. The summed E-state index contributed by atoms with van der Waals surface area (Å²) in [4.78, 5) is 66.9. The number of carbonyl (C=O) groups is 5. The number of aliphatic hydroxyl groups is 2. The molecule has 42 heavy (non-hydrogen) atoms. The summed E-state index contributed by atoms with van der Waals surface area (Å²) in [6.45, 7) is 8.16. The fraction of sp³-hybridized carbons (Fsp3) is 0.581. The van der Waals surface area contributed by atoms with Gasteiger partial charge in [0, 0.05) is 32.1 Å². The molecule has 1 aliphatic heterocycles. The molecule has 3 fully saturated rings. The van der Waals surface area contributed by atoms with Crippen molar-refractivity contribution in [1.82, 2.24) is 0 Å². The predicted octanol–water partition coefficient (Wildman–Crippen LogP) is 1.86. The summed E-state index contributed by atoms with van der Waals surface area (Å²) in [7, 11) is 0. The standard InChI is InChI=1S/C31H36O11/c1-15-19(34)13-31(38)26(41-27(37)18-10-8-7-9-11-18)24-29(6,20(35)12-21-30(24,14-39-21)42-17(3)33)25(36)23(40-16(2)32)22(15)28(31,4)5/h7-11,20-21,23-24,26,35,38H,12-14H2,1-6H3/t20?,21-,23-,24+,26+,29-,30+,31-/m1/s1. The van der Waals surface area contributed by atoms with Gasteiger partial charge in [-0.1, -0.05) is 32.0 Å². The van der Waals surface area contributed by atoms with E-state index in [0.717, 1.165) is 6.92 Å². The summed E-state index contributed by atoms with van der Waals surface area (Å²) in [6, 6.07) is 7.97. The molecule has 3 aliphatic carbocycles. The van der Waals surface area contributed by atoms with Gasteiger partial charge in [0.15, 0.2) is 23.3 Å². The lowest BCUT2D eigenvalue weighted by molar-refractivity contribution is -0.344. The average molecular weight is 585 g/mol. The molecule has 2 saturated carbocycles. The van der Waals surface area contributed by atoms with Crippen molar-refractivity contribution in [3.63, 3.8) is 0 Å². The van der Waals surface area contributed by atoms with Gasteiger partial charge >= 0.3 is 17.9 Å². The first kappa shape index (κ1) is 30.1. The molecule has 11 heteroatoms. The lowest BCUT2D eigenvalue weighted by Gasteiger charge is -2.67. The third kappa shape index (κ3) is 4.00. The highest BCUT2D eigenvalue weighted by atomic mass is 16.6. The molecule has 226 valence electrons. The van der Waals surface area contributed by atoms with Crippen LogP contribution in [0.2, 0.25) is 0 Å². The van der Waals surface area contributed by atoms with Crippen molar-refractivity contribution >= 4 is 29.5 Å². The van der Waals surface area contributed by atoms with Crippen LogP contribution in [0.15, 0.2) is 41.5 Å². The zero-order chi connectivity index (χ0) is 31.0. The molecule has 0 radical (unpaired) electrons. The number of Topliss-reactive ketones (excluding diaryl/α,β-unsaturated/α-hetero) is 2. The van der Waals surface area contributed by atoms with E-state index >= 15 is 0 Å². The number of carbonyl (C=O) groups excluding carboxylic acids is 5. The Morgan fingerprint density at radius 1 is 1.00 bits per heavy atom. The van der Waals surface area contributed by atoms with Crippen LogP contribution in [0.1, 0.15) is 64.7 Å². The fourth-order valence-electron chi connectivity index (χ4n) is 7.72. The average Bonchev–Trinajstić information content (AvgIpc) is 2.90. The number of hydrogen-bond acceptors (Lipinski definition) is 11. The van der Waals surface area contributed by atoms with Crippen molar-refractivity contribution in [3.8, 4) is 0 Å². The second-order valence-corrected chi connectivity index (χ2v) is 12.6. The SMILES string of the molecule is CC(=O)O[C@H]1C(=O)[C@]2(C)C(O)C[C@H]3OC[C@@]3(OC(C)=O)[C@H]2[C@H](OC(=O)c2ccccc2)[C@]2(O)CC(=O)C(C)=C1C2(C)C. The molecule has 2 N–H and O–H groups in total. The minimum Gasteiger partial charge on any atom is -0.455 e. The number of allylic oxidation sites excluding steroid dienone is 1. The van der Waals surface area contributed by atoms with Gasteiger partial charge in [-0.05, 0) is 37.1 Å². The Morgan fingerprint density at radius 3 is 2.19 bits per heavy atom. The smallest absolute Gasteiger partial charge is 0.338 e. The fourth-order valence-corrected chi connectivity index (χ4v) is 7.72. The molecule has 0 aromatic heterocycles. The van der Waals surface area contributed by atoms with Crippen molar-refractivity contribution in [2.24, 2.45) is 16.7 Å². The van der Waals surface area contributed by atoms with Gasteiger partial charge in [-0.2, -0.15) is 0 Å². The van der Waals surface area contributed by atoms with E-state index in [1.807, 2.05) is 0 Å². The summed E-state index contributed by atoms with van der Waals surface area (Å²) < 4.78 is 23.4. The van der Waals surface area contributed by atoms with Gasteiger partial charge in [0.1, 0.15) is 17.8 Å². The summed E-state index contributed by atoms with van der Waals surface area (Å²) in [5.41, 5.74) is -6.91. The largest absolute Gasteiger partial charge is 0.455 e. The maximum absolute atomic E-state index is 14.8. The highest BCUT2D eigenvalue weighted by Gasteiger charge is 2.78. The predicted molar refractivity (Wildman–Crippen MR) is 144 cm³/mol. The Kier molecular flexibility index (Phi) is 7.03. The number of fused-ring (bicyclic) bond motifs is 5. The number of ether oxygens (including phenoxy) is 4. The first-order valence-electron chi connectivity index (χ1n) is 14.0. The van der Waals surface area contributed by atoms with Crippen molar-refractivity contribution < 1.29 is 53.1 Å². The monoisotopic (exact) mass is 584 g/mol. The lowest BCUT2D eigenvalue weighted by atomic mass is 9.44. The molecular formula is C31H36O11. The first-order chi connectivity index (χ1) is 19.5. The van der Waals surface area contributed by atoms with Crippen LogP contribution in [0.5, 0.6) is 0 Å². The van der Waals surface area contributed by atoms with Crippen LogP contribution in [0.25, 0.3) is 0 Å². The Hall–Kier alpha value is -3.41. The highest BCUT2D eigenvalue weighted by Crippen LogP contribution is 2.63. The number of hydrogen-bond donors (Lipinski definition) is 2. The third-order valence-electron chi connectivity index (χ3n) is 10.0. The third-order valence-corrected chi connectivity index (χ3v) is 10.0. The summed E-state index contributed by atoms with van der Waals surface area (Å²) >= 11 is 0. The van der Waals surface area contributed by atoms with Crippen LogP contribution in [0.4, 0.5) is 0 Å². The molecule has 1 heterocycles. The zero-order valence-electron chi connectivity index (χ0n) is 24.5. The minimum absolute atomic E-state index is 0.0580. The maximum Gasteiger partial charge on any atom is 0.338 e.